The maximum Gasteiger partial charge on any atom is 4.00 e. The van der Waals surface area contributed by atoms with Crippen LogP contribution in [0.15, 0.2) is 28.5 Å². The molecule has 28 heavy (non-hydrogen) atoms. The summed E-state index contributed by atoms with van der Waals surface area (Å²) < 4.78 is 0. The summed E-state index contributed by atoms with van der Waals surface area (Å²) in [7, 11) is -0.400. The molecule has 156 valence electrons. The third-order valence-electron chi connectivity index (χ3n) is 5.14. The van der Waals surface area contributed by atoms with Crippen LogP contribution >= 0.6 is 0 Å². The van der Waals surface area contributed by atoms with Crippen molar-refractivity contribution < 1.29 is 58.9 Å². The fourth-order valence-corrected chi connectivity index (χ4v) is 6.38. The second-order valence-corrected chi connectivity index (χ2v) is 10.6. The van der Waals surface area contributed by atoms with Gasteiger partial charge in [-0.15, -0.1) is 0 Å². The maximum absolute atomic E-state index is 3.84. The Morgan fingerprint density at radius 3 is 1.96 bits per heavy atom. The van der Waals surface area contributed by atoms with Gasteiger partial charge in [-0.3, -0.25) is 0 Å². The Labute approximate surface area is 209 Å². The topological polar surface area (TPSA) is 0 Å². The predicted octanol–water partition coefficient (Wildman–Crippen LogP) is -3.57. The van der Waals surface area contributed by atoms with Crippen molar-refractivity contribution in [3.63, 3.8) is 0 Å². The van der Waals surface area contributed by atoms with Gasteiger partial charge in [-0.25, -0.2) is 16.8 Å². The van der Waals surface area contributed by atoms with Gasteiger partial charge in [0.25, 0.3) is 0 Å². The maximum atomic E-state index is 3.84. The molecule has 0 nitrogen and oxygen atoms in total. The zero-order valence-corrected chi connectivity index (χ0v) is 23.8. The van der Waals surface area contributed by atoms with E-state index in [0.29, 0.717) is 0 Å². The van der Waals surface area contributed by atoms with Gasteiger partial charge in [0.05, 0.1) is 0 Å². The Morgan fingerprint density at radius 2 is 1.50 bits per heavy atom. The molecule has 0 amide bonds. The molecule has 0 bridgehead atoms. The van der Waals surface area contributed by atoms with Gasteiger partial charge in [0.2, 0.25) is 0 Å². The number of hydrogen-bond acceptors (Lipinski definition) is 0. The van der Waals surface area contributed by atoms with E-state index in [1.165, 1.54) is 54.4 Å². The van der Waals surface area contributed by atoms with Crippen LogP contribution in [-0.2, 0) is 21.7 Å². The fraction of sp³-hybridized carbons (Fsp3) is 0.565. The van der Waals surface area contributed by atoms with E-state index in [0.717, 1.165) is 0 Å². The smallest absolute Gasteiger partial charge is 1.00 e. The molecule has 0 saturated carbocycles. The van der Waals surface area contributed by atoms with Crippen LogP contribution in [0.4, 0.5) is 0 Å². The summed E-state index contributed by atoms with van der Waals surface area (Å²) in [6, 6.07) is 4.72. The van der Waals surface area contributed by atoms with Crippen molar-refractivity contribution in [2.24, 2.45) is 5.41 Å². The van der Waals surface area contributed by atoms with Crippen molar-refractivity contribution >= 4 is 14.7 Å². The normalized spacial score (nSPS) is 13.5. The first-order valence-corrected chi connectivity index (χ1v) is 11.0. The molecule has 0 N–H and O–H groups in total. The summed E-state index contributed by atoms with van der Waals surface area (Å²) in [5.74, 6) is 0. The Kier molecular flexibility index (Phi) is 17.2. The SMILES string of the molecule is CCCCCC1=[C-]C(C(C)(C)C)=C([SiH2]c2c(C)cc(C)cc2C)C1.[Cl-].[Cl-].[Cl-].[Ti+4]. The van der Waals surface area contributed by atoms with E-state index in [2.05, 4.69) is 66.7 Å². The monoisotopic (exact) mass is 492 g/mol. The first-order chi connectivity index (χ1) is 11.2. The largest absolute Gasteiger partial charge is 4.00 e. The first kappa shape index (κ1) is 33.1. The third kappa shape index (κ3) is 9.11. The van der Waals surface area contributed by atoms with Crippen LogP contribution < -0.4 is 42.4 Å². The first-order valence-electron chi connectivity index (χ1n) is 9.63. The second kappa shape index (κ2) is 14.5. The van der Waals surface area contributed by atoms with Crippen LogP contribution in [0.5, 0.6) is 0 Å². The van der Waals surface area contributed by atoms with Gasteiger partial charge in [0.1, 0.15) is 0 Å². The van der Waals surface area contributed by atoms with Crippen molar-refractivity contribution in [1.29, 1.82) is 0 Å². The standard InChI is InChI=1S/C23H35Si.3ClH.Ti/c1-8-9-10-11-19-14-20(23(5,6)7)21(15-19)24-22-17(3)12-16(2)13-18(22)4;;;;/h12-13H,8-11,15,24H2,1-7H3;3*1H;/q-1;;;;+4/p-3. The molecule has 0 atom stereocenters. The number of rotatable bonds is 6. The molecular weight excluding hydrogens is 459 g/mol. The molecule has 0 aliphatic heterocycles. The Bertz CT molecular complexity index is 650. The van der Waals surface area contributed by atoms with Crippen molar-refractivity contribution in [3.05, 3.63) is 51.2 Å². The van der Waals surface area contributed by atoms with E-state index in [4.69, 9.17) is 0 Å². The Hall–Kier alpha value is 0.501. The quantitative estimate of drug-likeness (QED) is 0.219. The minimum atomic E-state index is -0.400. The molecule has 1 aliphatic rings. The molecule has 0 radical (unpaired) electrons. The third-order valence-corrected chi connectivity index (χ3v) is 7.64. The summed E-state index contributed by atoms with van der Waals surface area (Å²) >= 11 is 0. The number of hydrogen-bond donors (Lipinski definition) is 0. The van der Waals surface area contributed by atoms with Gasteiger partial charge in [0, 0.05) is 0 Å². The van der Waals surface area contributed by atoms with Gasteiger partial charge in [-0.2, -0.15) is 5.57 Å². The molecule has 0 fully saturated rings. The summed E-state index contributed by atoms with van der Waals surface area (Å²) in [4.78, 5) is 0. The van der Waals surface area contributed by atoms with Crippen molar-refractivity contribution in [3.8, 4) is 0 Å². The number of halogens is 3. The molecular formula is C23H35Cl3SiTi. The van der Waals surface area contributed by atoms with Gasteiger partial charge < -0.3 is 37.2 Å². The van der Waals surface area contributed by atoms with Crippen molar-refractivity contribution in [2.45, 2.75) is 80.6 Å². The molecule has 0 saturated heterocycles. The van der Waals surface area contributed by atoms with Crippen LogP contribution in [0.2, 0.25) is 0 Å². The van der Waals surface area contributed by atoms with Crippen LogP contribution in [0, 0.1) is 32.3 Å². The van der Waals surface area contributed by atoms with Crippen molar-refractivity contribution in [1.82, 2.24) is 0 Å². The van der Waals surface area contributed by atoms with Crippen LogP contribution in [0.3, 0.4) is 0 Å². The zero-order valence-electron chi connectivity index (χ0n) is 18.5. The molecule has 5 heteroatoms. The predicted molar refractivity (Wildman–Crippen MR) is 111 cm³/mol. The molecule has 0 unspecified atom stereocenters. The molecule has 0 aromatic heterocycles. The van der Waals surface area contributed by atoms with Gasteiger partial charge in [-0.1, -0.05) is 93.8 Å². The average molecular weight is 494 g/mol. The number of unbranched alkanes of at least 4 members (excludes halogenated alkanes) is 2. The fourth-order valence-electron chi connectivity index (χ4n) is 3.97. The average Bonchev–Trinajstić information content (AvgIpc) is 2.86. The van der Waals surface area contributed by atoms with E-state index in [1.54, 1.807) is 16.0 Å². The van der Waals surface area contributed by atoms with Crippen LogP contribution in [-0.4, -0.2) is 9.52 Å². The van der Waals surface area contributed by atoms with Crippen LogP contribution in [0.25, 0.3) is 0 Å². The number of allylic oxidation sites excluding steroid dienone is 4. The summed E-state index contributed by atoms with van der Waals surface area (Å²) in [5, 5.41) is 3.40. The molecule has 2 rings (SSSR count). The van der Waals surface area contributed by atoms with E-state index >= 15 is 0 Å². The van der Waals surface area contributed by atoms with E-state index in [9.17, 15) is 0 Å². The number of benzene rings is 1. The molecule has 0 heterocycles. The Morgan fingerprint density at radius 1 is 0.964 bits per heavy atom. The molecule has 1 aromatic rings. The minimum absolute atomic E-state index is 0. The second-order valence-electron chi connectivity index (χ2n) is 8.65. The van der Waals surface area contributed by atoms with Gasteiger partial charge >= 0.3 is 21.7 Å². The Balaban J connectivity index is -0.00000156. The molecule has 0 spiro atoms. The summed E-state index contributed by atoms with van der Waals surface area (Å²) in [5.41, 5.74) is 7.71. The van der Waals surface area contributed by atoms with E-state index in [1.807, 2.05) is 0 Å². The molecule has 1 aliphatic carbocycles. The van der Waals surface area contributed by atoms with E-state index in [-0.39, 0.29) is 64.4 Å². The van der Waals surface area contributed by atoms with Crippen molar-refractivity contribution in [2.75, 3.05) is 0 Å². The molecule has 1 aromatic carbocycles. The summed E-state index contributed by atoms with van der Waals surface area (Å²) in [6.45, 7) is 16.2. The minimum Gasteiger partial charge on any atom is -1.00 e. The van der Waals surface area contributed by atoms with E-state index < -0.39 is 9.52 Å². The van der Waals surface area contributed by atoms with Crippen LogP contribution in [0.1, 0.15) is 76.5 Å². The zero-order chi connectivity index (χ0) is 17.9. The van der Waals surface area contributed by atoms with Gasteiger partial charge in [0.15, 0.2) is 0 Å². The number of aryl methyl sites for hydroxylation is 3. The van der Waals surface area contributed by atoms with Gasteiger partial charge in [-0.05, 0) is 35.7 Å². The summed E-state index contributed by atoms with van der Waals surface area (Å²) in [6.07, 6.45) is 10.3.